The predicted molar refractivity (Wildman–Crippen MR) is 76.2 cm³/mol. The van der Waals surface area contributed by atoms with Gasteiger partial charge >= 0.3 is 0 Å². The monoisotopic (exact) mass is 300 g/mol. The zero-order chi connectivity index (χ0) is 15.2. The number of carbonyl (C=O) groups is 1. The van der Waals surface area contributed by atoms with E-state index >= 15 is 0 Å². The van der Waals surface area contributed by atoms with Crippen LogP contribution >= 0.6 is 0 Å². The van der Waals surface area contributed by atoms with E-state index in [2.05, 4.69) is 10.0 Å². The average Bonchev–Trinajstić information content (AvgIpc) is 2.43. The van der Waals surface area contributed by atoms with Crippen LogP contribution in [-0.4, -0.2) is 34.5 Å². The van der Waals surface area contributed by atoms with Gasteiger partial charge in [0.05, 0.1) is 4.90 Å². The molecule has 0 fully saturated rings. The number of rotatable bonds is 7. The number of nitrogens with one attached hydrogen (secondary N) is 2. The van der Waals surface area contributed by atoms with E-state index in [0.29, 0.717) is 17.9 Å². The van der Waals surface area contributed by atoms with E-state index in [1.54, 1.807) is 13.0 Å². The molecule has 0 aliphatic heterocycles. The van der Waals surface area contributed by atoms with Crippen molar-refractivity contribution in [2.45, 2.75) is 25.2 Å². The van der Waals surface area contributed by atoms with E-state index in [0.717, 1.165) is 6.42 Å². The Kier molecular flexibility index (Phi) is 5.97. The first-order valence-electron chi connectivity index (χ1n) is 6.34. The molecular formula is C13H20N2O4S. The second-order valence-electron chi connectivity index (χ2n) is 4.29. The minimum atomic E-state index is -3.48. The zero-order valence-corrected chi connectivity index (χ0v) is 12.7. The van der Waals surface area contributed by atoms with Gasteiger partial charge in [-0.15, -0.1) is 0 Å². The van der Waals surface area contributed by atoms with Gasteiger partial charge in [0, 0.05) is 13.6 Å². The molecule has 0 aromatic heterocycles. The number of benzene rings is 1. The highest BCUT2D eigenvalue weighted by Gasteiger charge is 2.14. The second-order valence-corrected chi connectivity index (χ2v) is 6.05. The fraction of sp³-hybridized carbons (Fsp3) is 0.462. The normalized spacial score (nSPS) is 11.2. The summed E-state index contributed by atoms with van der Waals surface area (Å²) in [6.45, 7) is 3.93. The molecule has 0 heterocycles. The van der Waals surface area contributed by atoms with Crippen LogP contribution in [0.4, 0.5) is 0 Å². The molecule has 0 atom stereocenters. The number of hydrogen-bond donors (Lipinski definition) is 2. The summed E-state index contributed by atoms with van der Waals surface area (Å²) in [5, 5.41) is 2.44. The van der Waals surface area contributed by atoms with E-state index in [-0.39, 0.29) is 17.4 Å². The van der Waals surface area contributed by atoms with Gasteiger partial charge in [-0.2, -0.15) is 0 Å². The minimum Gasteiger partial charge on any atom is -0.484 e. The van der Waals surface area contributed by atoms with E-state index in [1.165, 1.54) is 19.2 Å². The van der Waals surface area contributed by atoms with Crippen LogP contribution in [0.3, 0.4) is 0 Å². The van der Waals surface area contributed by atoms with Crippen LogP contribution in [0, 0.1) is 6.92 Å². The summed E-state index contributed by atoms with van der Waals surface area (Å²) in [7, 11) is -1.96. The lowest BCUT2D eigenvalue weighted by molar-refractivity contribution is -0.122. The largest absolute Gasteiger partial charge is 0.484 e. The molecule has 20 heavy (non-hydrogen) atoms. The molecule has 0 aliphatic rings. The molecule has 0 unspecified atom stereocenters. The smallest absolute Gasteiger partial charge is 0.257 e. The topological polar surface area (TPSA) is 84.5 Å². The maximum Gasteiger partial charge on any atom is 0.257 e. The lowest BCUT2D eigenvalue weighted by Crippen LogP contribution is -2.25. The molecule has 0 saturated carbocycles. The van der Waals surface area contributed by atoms with Gasteiger partial charge in [-0.1, -0.05) is 6.92 Å². The third-order valence-electron chi connectivity index (χ3n) is 2.64. The number of hydrogen-bond acceptors (Lipinski definition) is 4. The molecule has 0 spiro atoms. The van der Waals surface area contributed by atoms with Crippen molar-refractivity contribution in [3.05, 3.63) is 23.8 Å². The molecule has 6 nitrogen and oxygen atoms in total. The molecule has 7 heteroatoms. The maximum absolute atomic E-state index is 12.0. The van der Waals surface area contributed by atoms with Gasteiger partial charge < -0.3 is 10.1 Å². The number of amides is 1. The molecule has 0 bridgehead atoms. The van der Waals surface area contributed by atoms with Crippen molar-refractivity contribution >= 4 is 15.9 Å². The van der Waals surface area contributed by atoms with Crippen LogP contribution in [0.25, 0.3) is 0 Å². The molecule has 0 radical (unpaired) electrons. The number of likely N-dealkylation sites (N-methyl/N-ethyl adjacent to an activating group) is 1. The summed E-state index contributed by atoms with van der Waals surface area (Å²) < 4.78 is 31.7. The Morgan fingerprint density at radius 2 is 2.05 bits per heavy atom. The third-order valence-corrected chi connectivity index (χ3v) is 4.10. The van der Waals surface area contributed by atoms with Gasteiger partial charge in [-0.05, 0) is 37.1 Å². The fourth-order valence-corrected chi connectivity index (χ4v) is 2.70. The Hall–Kier alpha value is -1.60. The Balaban J connectivity index is 2.85. The summed E-state index contributed by atoms with van der Waals surface area (Å²) >= 11 is 0. The highest BCUT2D eigenvalue weighted by molar-refractivity contribution is 7.89. The molecule has 0 saturated heterocycles. The van der Waals surface area contributed by atoms with Gasteiger partial charge in [0.1, 0.15) is 5.75 Å². The van der Waals surface area contributed by atoms with Crippen LogP contribution < -0.4 is 14.8 Å². The van der Waals surface area contributed by atoms with Crippen LogP contribution in [0.15, 0.2) is 23.1 Å². The first kappa shape index (κ1) is 16.5. The molecule has 2 N–H and O–H groups in total. The Morgan fingerprint density at radius 3 is 2.60 bits per heavy atom. The highest BCUT2D eigenvalue weighted by atomic mass is 32.2. The summed E-state index contributed by atoms with van der Waals surface area (Å²) in [6.07, 6.45) is 0.728. The zero-order valence-electron chi connectivity index (χ0n) is 11.9. The van der Waals surface area contributed by atoms with Crippen LogP contribution in [0.2, 0.25) is 0 Å². The number of aryl methyl sites for hydroxylation is 1. The van der Waals surface area contributed by atoms with Crippen molar-refractivity contribution in [3.63, 3.8) is 0 Å². The molecular weight excluding hydrogens is 280 g/mol. The van der Waals surface area contributed by atoms with Gasteiger partial charge in [0.25, 0.3) is 5.91 Å². The molecule has 1 aromatic carbocycles. The summed E-state index contributed by atoms with van der Waals surface area (Å²) in [5.41, 5.74) is 0.660. The summed E-state index contributed by atoms with van der Waals surface area (Å²) in [4.78, 5) is 11.3. The first-order valence-corrected chi connectivity index (χ1v) is 7.82. The van der Waals surface area contributed by atoms with Crippen LogP contribution in [-0.2, 0) is 14.8 Å². The maximum atomic E-state index is 12.0. The molecule has 1 rings (SSSR count). The van der Waals surface area contributed by atoms with Gasteiger partial charge in [0.15, 0.2) is 6.61 Å². The van der Waals surface area contributed by atoms with E-state index in [4.69, 9.17) is 4.74 Å². The summed E-state index contributed by atoms with van der Waals surface area (Å²) in [6, 6.07) is 4.54. The summed E-state index contributed by atoms with van der Waals surface area (Å²) in [5.74, 6) is 0.244. The second kappa shape index (κ2) is 7.25. The highest BCUT2D eigenvalue weighted by Crippen LogP contribution is 2.21. The van der Waals surface area contributed by atoms with Gasteiger partial charge in [0.2, 0.25) is 10.0 Å². The molecule has 1 amide bonds. The number of ether oxygens (including phenoxy) is 1. The fourth-order valence-electron chi connectivity index (χ4n) is 1.49. The predicted octanol–water partition coefficient (Wildman–Crippen LogP) is 0.808. The van der Waals surface area contributed by atoms with E-state index < -0.39 is 10.0 Å². The van der Waals surface area contributed by atoms with Crippen molar-refractivity contribution in [1.82, 2.24) is 10.0 Å². The van der Waals surface area contributed by atoms with Crippen molar-refractivity contribution < 1.29 is 17.9 Å². The van der Waals surface area contributed by atoms with Crippen LogP contribution in [0.5, 0.6) is 5.75 Å². The van der Waals surface area contributed by atoms with Gasteiger partial charge in [-0.25, -0.2) is 13.1 Å². The molecule has 112 valence electrons. The average molecular weight is 300 g/mol. The lowest BCUT2D eigenvalue weighted by atomic mass is 10.2. The standard InChI is InChI=1S/C13H20N2O4S/c1-4-7-15-20(17,18)11-5-6-12(10(2)8-11)19-9-13(16)14-3/h5-6,8,15H,4,7,9H2,1-3H3,(H,14,16). The molecule has 1 aromatic rings. The van der Waals surface area contributed by atoms with Crippen molar-refractivity contribution in [2.75, 3.05) is 20.2 Å². The SMILES string of the molecule is CCCNS(=O)(=O)c1ccc(OCC(=O)NC)c(C)c1. The number of sulfonamides is 1. The Labute approximate surface area is 119 Å². The Bertz CT molecular complexity index is 570. The number of carbonyl (C=O) groups excluding carboxylic acids is 1. The first-order chi connectivity index (χ1) is 9.40. The van der Waals surface area contributed by atoms with Crippen molar-refractivity contribution in [2.24, 2.45) is 0 Å². The lowest BCUT2D eigenvalue weighted by Gasteiger charge is -2.11. The minimum absolute atomic E-state index is 0.0997. The van der Waals surface area contributed by atoms with E-state index in [1.807, 2.05) is 6.92 Å². The van der Waals surface area contributed by atoms with Crippen LogP contribution in [0.1, 0.15) is 18.9 Å². The van der Waals surface area contributed by atoms with E-state index in [9.17, 15) is 13.2 Å². The van der Waals surface area contributed by atoms with Crippen molar-refractivity contribution in [3.8, 4) is 5.75 Å². The van der Waals surface area contributed by atoms with Crippen molar-refractivity contribution in [1.29, 1.82) is 0 Å². The quantitative estimate of drug-likeness (QED) is 0.780. The van der Waals surface area contributed by atoms with Gasteiger partial charge in [-0.3, -0.25) is 4.79 Å². The third kappa shape index (κ3) is 4.50. The Morgan fingerprint density at radius 1 is 1.35 bits per heavy atom. The molecule has 0 aliphatic carbocycles.